The molecular weight excluding hydrogens is 334 g/mol. The van der Waals surface area contributed by atoms with E-state index in [0.717, 1.165) is 44.9 Å². The Morgan fingerprint density at radius 3 is 2.52 bits per heavy atom. The van der Waals surface area contributed by atoms with Crippen LogP contribution in [0.5, 0.6) is 5.75 Å². The highest BCUT2D eigenvalue weighted by Crippen LogP contribution is 2.12. The van der Waals surface area contributed by atoms with Crippen molar-refractivity contribution in [1.29, 1.82) is 0 Å². The average Bonchev–Trinajstić information content (AvgIpc) is 3.16. The summed E-state index contributed by atoms with van der Waals surface area (Å²) >= 11 is 1.73. The number of ether oxygens (including phenoxy) is 1. The number of nitrogens with zero attached hydrogens (tertiary/aromatic N) is 2. The predicted molar refractivity (Wildman–Crippen MR) is 101 cm³/mol. The molecule has 1 fully saturated rings. The SMILES string of the molecule is COc1ccc(CCNC(=O)N2CCN(Cc3ccsc3)CC2)cc1. The first-order valence-corrected chi connectivity index (χ1v) is 9.58. The molecule has 2 aromatic rings. The molecule has 0 atom stereocenters. The lowest BCUT2D eigenvalue weighted by molar-refractivity contribution is 0.135. The van der Waals surface area contributed by atoms with E-state index in [1.807, 2.05) is 29.2 Å². The Bertz CT molecular complexity index is 650. The minimum atomic E-state index is 0.0451. The smallest absolute Gasteiger partial charge is 0.317 e. The van der Waals surface area contributed by atoms with Crippen molar-refractivity contribution >= 4 is 17.4 Å². The van der Waals surface area contributed by atoms with Gasteiger partial charge in [-0.2, -0.15) is 11.3 Å². The Hall–Kier alpha value is -2.05. The zero-order valence-corrected chi connectivity index (χ0v) is 15.4. The molecule has 1 saturated heterocycles. The summed E-state index contributed by atoms with van der Waals surface area (Å²) in [5, 5.41) is 7.33. The molecule has 0 bridgehead atoms. The number of hydrogen-bond acceptors (Lipinski definition) is 4. The molecule has 3 rings (SSSR count). The summed E-state index contributed by atoms with van der Waals surface area (Å²) in [6, 6.07) is 10.2. The number of piperazine rings is 1. The summed E-state index contributed by atoms with van der Waals surface area (Å²) in [4.78, 5) is 16.6. The van der Waals surface area contributed by atoms with Gasteiger partial charge >= 0.3 is 6.03 Å². The summed E-state index contributed by atoms with van der Waals surface area (Å²) in [5.41, 5.74) is 2.56. The molecule has 25 heavy (non-hydrogen) atoms. The Morgan fingerprint density at radius 1 is 1.12 bits per heavy atom. The van der Waals surface area contributed by atoms with Gasteiger partial charge in [-0.1, -0.05) is 12.1 Å². The number of carbonyl (C=O) groups is 1. The second kappa shape index (κ2) is 8.87. The highest BCUT2D eigenvalue weighted by atomic mass is 32.1. The van der Waals surface area contributed by atoms with Crippen molar-refractivity contribution in [2.24, 2.45) is 0 Å². The second-order valence-electron chi connectivity index (χ2n) is 6.22. The first-order valence-electron chi connectivity index (χ1n) is 8.64. The molecule has 1 aliphatic rings. The largest absolute Gasteiger partial charge is 0.497 e. The van der Waals surface area contributed by atoms with Gasteiger partial charge in [0.15, 0.2) is 0 Å². The summed E-state index contributed by atoms with van der Waals surface area (Å²) in [6.45, 7) is 5.08. The zero-order chi connectivity index (χ0) is 17.5. The first kappa shape index (κ1) is 17.8. The Morgan fingerprint density at radius 2 is 1.88 bits per heavy atom. The van der Waals surface area contributed by atoms with E-state index in [1.54, 1.807) is 18.4 Å². The second-order valence-corrected chi connectivity index (χ2v) is 7.00. The van der Waals surface area contributed by atoms with Crippen LogP contribution in [-0.2, 0) is 13.0 Å². The number of hydrogen-bond donors (Lipinski definition) is 1. The van der Waals surface area contributed by atoms with Crippen molar-refractivity contribution < 1.29 is 9.53 Å². The molecule has 134 valence electrons. The summed E-state index contributed by atoms with van der Waals surface area (Å²) in [6.07, 6.45) is 0.827. The molecule has 1 N–H and O–H groups in total. The zero-order valence-electron chi connectivity index (χ0n) is 14.6. The van der Waals surface area contributed by atoms with Crippen LogP contribution in [0.15, 0.2) is 41.1 Å². The van der Waals surface area contributed by atoms with Gasteiger partial charge in [0.05, 0.1) is 7.11 Å². The summed E-state index contributed by atoms with van der Waals surface area (Å²) in [5.74, 6) is 0.855. The maximum Gasteiger partial charge on any atom is 0.317 e. The van der Waals surface area contributed by atoms with Crippen LogP contribution in [0.2, 0.25) is 0 Å². The van der Waals surface area contributed by atoms with E-state index in [9.17, 15) is 4.79 Å². The van der Waals surface area contributed by atoms with Crippen molar-refractivity contribution in [2.45, 2.75) is 13.0 Å². The van der Waals surface area contributed by atoms with Crippen LogP contribution in [0.3, 0.4) is 0 Å². The van der Waals surface area contributed by atoms with E-state index < -0.39 is 0 Å². The number of benzene rings is 1. The van der Waals surface area contributed by atoms with E-state index >= 15 is 0 Å². The number of thiophene rings is 1. The van der Waals surface area contributed by atoms with Gasteiger partial charge in [0.25, 0.3) is 0 Å². The van der Waals surface area contributed by atoms with Gasteiger partial charge in [0.1, 0.15) is 5.75 Å². The third-order valence-corrected chi connectivity index (χ3v) is 5.23. The van der Waals surface area contributed by atoms with Gasteiger partial charge in [-0.05, 0) is 46.5 Å². The lowest BCUT2D eigenvalue weighted by Gasteiger charge is -2.34. The molecule has 5 nitrogen and oxygen atoms in total. The van der Waals surface area contributed by atoms with Crippen LogP contribution < -0.4 is 10.1 Å². The van der Waals surface area contributed by atoms with Crippen molar-refractivity contribution in [3.63, 3.8) is 0 Å². The average molecular weight is 359 g/mol. The van der Waals surface area contributed by atoms with E-state index in [-0.39, 0.29) is 6.03 Å². The number of amides is 2. The van der Waals surface area contributed by atoms with Gasteiger partial charge < -0.3 is 15.0 Å². The van der Waals surface area contributed by atoms with Crippen LogP contribution in [0, 0.1) is 0 Å². The molecule has 0 unspecified atom stereocenters. The van der Waals surface area contributed by atoms with Crippen molar-refractivity contribution in [2.75, 3.05) is 39.8 Å². The van der Waals surface area contributed by atoms with Crippen LogP contribution in [0.25, 0.3) is 0 Å². The number of carbonyl (C=O) groups excluding carboxylic acids is 1. The van der Waals surface area contributed by atoms with Gasteiger partial charge in [-0.3, -0.25) is 4.90 Å². The lowest BCUT2D eigenvalue weighted by Crippen LogP contribution is -2.51. The molecule has 1 aromatic carbocycles. The number of urea groups is 1. The molecule has 2 amide bonds. The molecule has 6 heteroatoms. The first-order chi connectivity index (χ1) is 12.2. The minimum Gasteiger partial charge on any atom is -0.497 e. The fraction of sp³-hybridized carbons (Fsp3) is 0.421. The maximum atomic E-state index is 12.3. The number of methoxy groups -OCH3 is 1. The van der Waals surface area contributed by atoms with Gasteiger partial charge in [-0.15, -0.1) is 0 Å². The third kappa shape index (κ3) is 5.21. The Balaban J connectivity index is 1.36. The summed E-state index contributed by atoms with van der Waals surface area (Å²) < 4.78 is 5.15. The third-order valence-electron chi connectivity index (χ3n) is 4.49. The lowest BCUT2D eigenvalue weighted by atomic mass is 10.1. The fourth-order valence-electron chi connectivity index (χ4n) is 2.97. The van der Waals surface area contributed by atoms with E-state index in [1.165, 1.54) is 11.1 Å². The molecule has 0 aliphatic carbocycles. The van der Waals surface area contributed by atoms with Crippen LogP contribution in [0.4, 0.5) is 4.79 Å². The topological polar surface area (TPSA) is 44.8 Å². The predicted octanol–water partition coefficient (Wildman–Crippen LogP) is 2.83. The quantitative estimate of drug-likeness (QED) is 0.863. The standard InChI is InChI=1S/C19H25N3O2S/c1-24-18-4-2-16(3-5-18)6-8-20-19(23)22-11-9-21(10-12-22)14-17-7-13-25-15-17/h2-5,7,13,15H,6,8-12,14H2,1H3,(H,20,23). The molecule has 2 heterocycles. The molecule has 1 aliphatic heterocycles. The normalized spacial score (nSPS) is 15.2. The number of nitrogens with one attached hydrogen (secondary N) is 1. The van der Waals surface area contributed by atoms with E-state index in [4.69, 9.17) is 4.74 Å². The Kier molecular flexibility index (Phi) is 6.30. The Labute approximate surface area is 153 Å². The van der Waals surface area contributed by atoms with E-state index in [2.05, 4.69) is 27.0 Å². The molecule has 0 spiro atoms. The van der Waals surface area contributed by atoms with Crippen LogP contribution in [0.1, 0.15) is 11.1 Å². The number of rotatable bonds is 6. The van der Waals surface area contributed by atoms with Crippen molar-refractivity contribution in [3.8, 4) is 5.75 Å². The highest BCUT2D eigenvalue weighted by Gasteiger charge is 2.20. The fourth-order valence-corrected chi connectivity index (χ4v) is 3.63. The van der Waals surface area contributed by atoms with Gasteiger partial charge in [0, 0.05) is 39.3 Å². The molecule has 0 saturated carbocycles. The maximum absolute atomic E-state index is 12.3. The molecule has 1 aromatic heterocycles. The molecular formula is C19H25N3O2S. The van der Waals surface area contributed by atoms with Crippen molar-refractivity contribution in [1.82, 2.24) is 15.1 Å². The molecule has 0 radical (unpaired) electrons. The minimum absolute atomic E-state index is 0.0451. The van der Waals surface area contributed by atoms with Crippen LogP contribution >= 0.6 is 11.3 Å². The monoisotopic (exact) mass is 359 g/mol. The van der Waals surface area contributed by atoms with E-state index in [0.29, 0.717) is 6.54 Å². The van der Waals surface area contributed by atoms with Gasteiger partial charge in [-0.25, -0.2) is 4.79 Å². The van der Waals surface area contributed by atoms with Crippen molar-refractivity contribution in [3.05, 3.63) is 52.2 Å². The summed E-state index contributed by atoms with van der Waals surface area (Å²) in [7, 11) is 1.66. The van der Waals surface area contributed by atoms with Gasteiger partial charge in [0.2, 0.25) is 0 Å². The van der Waals surface area contributed by atoms with Crippen LogP contribution in [-0.4, -0.2) is 55.7 Å². The highest BCUT2D eigenvalue weighted by molar-refractivity contribution is 7.07.